The van der Waals surface area contributed by atoms with Crippen molar-refractivity contribution in [1.82, 2.24) is 0 Å². The number of aryl methyl sites for hydroxylation is 1. The number of carbonyl (C=O) groups excluding carboxylic acids is 1. The van der Waals surface area contributed by atoms with Gasteiger partial charge in [-0.3, -0.25) is 9.52 Å². The lowest BCUT2D eigenvalue weighted by atomic mass is 10.1. The van der Waals surface area contributed by atoms with Gasteiger partial charge in [-0.05, 0) is 25.5 Å². The van der Waals surface area contributed by atoms with E-state index in [1.54, 1.807) is 32.0 Å². The molecule has 0 heterocycles. The van der Waals surface area contributed by atoms with Crippen LogP contribution in [-0.2, 0) is 19.6 Å². The molecule has 0 amide bonds. The van der Waals surface area contributed by atoms with E-state index in [1.165, 1.54) is 0 Å². The van der Waals surface area contributed by atoms with E-state index in [0.29, 0.717) is 11.3 Å². The number of esters is 1. The highest BCUT2D eigenvalue weighted by molar-refractivity contribution is 7.92. The maximum atomic E-state index is 12.0. The molecular weight excluding hydrogens is 312 g/mol. The van der Waals surface area contributed by atoms with Gasteiger partial charge in [0.25, 0.3) is 0 Å². The number of nitrogens with two attached hydrogens (primary N) is 1. The predicted octanol–water partition coefficient (Wildman–Crippen LogP) is 1.32. The van der Waals surface area contributed by atoms with Crippen LogP contribution in [0.25, 0.3) is 0 Å². The number of nitrogens with one attached hydrogen (secondary N) is 1. The number of hydrogen-bond donors (Lipinski definition) is 2. The molecule has 21 heavy (non-hydrogen) atoms. The van der Waals surface area contributed by atoms with Crippen LogP contribution in [0.4, 0.5) is 5.69 Å². The number of carbonyl (C=O) groups is 1. The summed E-state index contributed by atoms with van der Waals surface area (Å²) in [5.41, 5.74) is 7.21. The average Bonchev–Trinajstić information content (AvgIpc) is 2.39. The molecule has 0 bridgehead atoms. The van der Waals surface area contributed by atoms with E-state index in [-0.39, 0.29) is 23.8 Å². The Labute approximate surface area is 129 Å². The van der Waals surface area contributed by atoms with E-state index in [9.17, 15) is 13.2 Å². The molecule has 0 saturated carbocycles. The van der Waals surface area contributed by atoms with Crippen LogP contribution in [0.2, 0.25) is 0 Å². The van der Waals surface area contributed by atoms with E-state index in [4.69, 9.17) is 22.7 Å². The number of sulfonamides is 1. The zero-order valence-electron chi connectivity index (χ0n) is 11.9. The third-order valence-corrected chi connectivity index (χ3v) is 4.18. The van der Waals surface area contributed by atoms with Crippen LogP contribution >= 0.6 is 12.2 Å². The molecule has 0 aliphatic heterocycles. The minimum Gasteiger partial charge on any atom is -0.466 e. The summed E-state index contributed by atoms with van der Waals surface area (Å²) >= 11 is 4.86. The molecule has 1 aromatic carbocycles. The first kappa shape index (κ1) is 17.4. The molecule has 0 aromatic heterocycles. The van der Waals surface area contributed by atoms with Crippen LogP contribution in [0.15, 0.2) is 18.2 Å². The maximum Gasteiger partial charge on any atom is 0.306 e. The van der Waals surface area contributed by atoms with Gasteiger partial charge in [0.15, 0.2) is 0 Å². The molecule has 0 unspecified atom stereocenters. The SMILES string of the molecule is CCOC(=O)CCS(=O)(=O)Nc1cc(C(N)=S)ccc1C. The smallest absolute Gasteiger partial charge is 0.306 e. The van der Waals surface area contributed by atoms with E-state index in [2.05, 4.69) is 4.72 Å². The van der Waals surface area contributed by atoms with Gasteiger partial charge in [0.2, 0.25) is 10.0 Å². The molecule has 1 rings (SSSR count). The van der Waals surface area contributed by atoms with Crippen molar-refractivity contribution in [3.05, 3.63) is 29.3 Å². The fraction of sp³-hybridized carbons (Fsp3) is 0.385. The van der Waals surface area contributed by atoms with Gasteiger partial charge in [-0.1, -0.05) is 24.4 Å². The minimum absolute atomic E-state index is 0.182. The number of ether oxygens (including phenoxy) is 1. The van der Waals surface area contributed by atoms with E-state index >= 15 is 0 Å². The highest BCUT2D eigenvalue weighted by Crippen LogP contribution is 2.18. The number of rotatable bonds is 7. The van der Waals surface area contributed by atoms with Gasteiger partial charge < -0.3 is 10.5 Å². The lowest BCUT2D eigenvalue weighted by molar-refractivity contribution is -0.142. The monoisotopic (exact) mass is 330 g/mol. The van der Waals surface area contributed by atoms with Crippen molar-refractivity contribution in [2.45, 2.75) is 20.3 Å². The summed E-state index contributed by atoms with van der Waals surface area (Å²) in [6.45, 7) is 3.64. The van der Waals surface area contributed by atoms with Crippen molar-refractivity contribution >= 4 is 38.9 Å². The van der Waals surface area contributed by atoms with Crippen LogP contribution in [0, 0.1) is 6.92 Å². The Hall–Kier alpha value is -1.67. The minimum atomic E-state index is -3.65. The van der Waals surface area contributed by atoms with Gasteiger partial charge >= 0.3 is 5.97 Å². The van der Waals surface area contributed by atoms with E-state index in [1.807, 2.05) is 0 Å². The van der Waals surface area contributed by atoms with Crippen molar-refractivity contribution in [1.29, 1.82) is 0 Å². The van der Waals surface area contributed by atoms with Gasteiger partial charge in [0, 0.05) is 5.56 Å². The molecule has 0 aliphatic rings. The summed E-state index contributed by atoms with van der Waals surface area (Å²) in [7, 11) is -3.65. The second-order valence-electron chi connectivity index (χ2n) is 4.37. The molecule has 0 saturated heterocycles. The van der Waals surface area contributed by atoms with E-state index < -0.39 is 16.0 Å². The van der Waals surface area contributed by atoms with Gasteiger partial charge in [0.1, 0.15) is 4.99 Å². The normalized spacial score (nSPS) is 11.0. The first-order valence-corrected chi connectivity index (χ1v) is 8.38. The molecule has 0 spiro atoms. The first-order valence-electron chi connectivity index (χ1n) is 6.31. The van der Waals surface area contributed by atoms with Crippen molar-refractivity contribution in [2.75, 3.05) is 17.1 Å². The highest BCUT2D eigenvalue weighted by Gasteiger charge is 2.15. The Balaban J connectivity index is 2.81. The zero-order chi connectivity index (χ0) is 16.0. The van der Waals surface area contributed by atoms with Crippen molar-refractivity contribution < 1.29 is 17.9 Å². The average molecular weight is 330 g/mol. The summed E-state index contributed by atoms with van der Waals surface area (Å²) in [4.78, 5) is 11.4. The zero-order valence-corrected chi connectivity index (χ0v) is 13.5. The molecule has 0 atom stereocenters. The van der Waals surface area contributed by atoms with Crippen LogP contribution in [0.1, 0.15) is 24.5 Å². The predicted molar refractivity (Wildman–Crippen MR) is 85.7 cm³/mol. The van der Waals surface area contributed by atoms with E-state index in [0.717, 1.165) is 5.56 Å². The van der Waals surface area contributed by atoms with Gasteiger partial charge in [-0.25, -0.2) is 8.42 Å². The topological polar surface area (TPSA) is 98.5 Å². The fourth-order valence-corrected chi connectivity index (χ4v) is 2.77. The summed E-state index contributed by atoms with van der Waals surface area (Å²) in [5, 5.41) is 0. The van der Waals surface area contributed by atoms with Crippen molar-refractivity contribution in [2.24, 2.45) is 5.73 Å². The Bertz CT molecular complexity index is 642. The highest BCUT2D eigenvalue weighted by atomic mass is 32.2. The molecule has 116 valence electrons. The third-order valence-electron chi connectivity index (χ3n) is 2.67. The maximum absolute atomic E-state index is 12.0. The Morgan fingerprint density at radius 1 is 1.43 bits per heavy atom. The fourth-order valence-electron chi connectivity index (χ4n) is 1.55. The van der Waals surface area contributed by atoms with Crippen LogP contribution in [0.3, 0.4) is 0 Å². The Morgan fingerprint density at radius 3 is 2.67 bits per heavy atom. The van der Waals surface area contributed by atoms with Crippen LogP contribution in [-0.4, -0.2) is 31.7 Å². The first-order chi connectivity index (χ1) is 9.75. The largest absolute Gasteiger partial charge is 0.466 e. The molecule has 6 nitrogen and oxygen atoms in total. The second kappa shape index (κ2) is 7.37. The van der Waals surface area contributed by atoms with Gasteiger partial charge in [-0.15, -0.1) is 0 Å². The van der Waals surface area contributed by atoms with Gasteiger partial charge in [0.05, 0.1) is 24.5 Å². The number of benzene rings is 1. The Kier molecular flexibility index (Phi) is 6.10. The van der Waals surface area contributed by atoms with Crippen molar-refractivity contribution in [3.63, 3.8) is 0 Å². The molecule has 8 heteroatoms. The van der Waals surface area contributed by atoms with Crippen LogP contribution < -0.4 is 10.5 Å². The quantitative estimate of drug-likeness (QED) is 0.578. The van der Waals surface area contributed by atoms with Crippen LogP contribution in [0.5, 0.6) is 0 Å². The third kappa shape index (κ3) is 5.68. The second-order valence-corrected chi connectivity index (χ2v) is 6.65. The summed E-state index contributed by atoms with van der Waals surface area (Å²) in [6.07, 6.45) is -0.197. The lowest BCUT2D eigenvalue weighted by Crippen LogP contribution is -2.21. The molecule has 0 aliphatic carbocycles. The number of hydrogen-bond acceptors (Lipinski definition) is 5. The molecule has 0 fully saturated rings. The molecular formula is C13H18N2O4S2. The molecule has 3 N–H and O–H groups in total. The molecule has 0 radical (unpaired) electrons. The molecule has 1 aromatic rings. The Morgan fingerprint density at radius 2 is 2.10 bits per heavy atom. The summed E-state index contributed by atoms with van der Waals surface area (Å²) in [6, 6.07) is 5.01. The summed E-state index contributed by atoms with van der Waals surface area (Å²) in [5.74, 6) is -0.890. The lowest BCUT2D eigenvalue weighted by Gasteiger charge is -2.11. The summed E-state index contributed by atoms with van der Waals surface area (Å²) < 4.78 is 31.0. The van der Waals surface area contributed by atoms with Gasteiger partial charge in [-0.2, -0.15) is 0 Å². The number of anilines is 1. The standard InChI is InChI=1S/C13H18N2O4S2/c1-3-19-12(16)6-7-21(17,18)15-11-8-10(13(14)20)5-4-9(11)2/h4-5,8,15H,3,6-7H2,1-2H3,(H2,14,20). The number of thiocarbonyl (C=S) groups is 1. The van der Waals surface area contributed by atoms with Crippen molar-refractivity contribution in [3.8, 4) is 0 Å².